The van der Waals surface area contributed by atoms with E-state index < -0.39 is 18.0 Å². The van der Waals surface area contributed by atoms with Gasteiger partial charge in [-0.1, -0.05) is 57.1 Å². The molecular formula is C29H29BrN2O7S. The summed E-state index contributed by atoms with van der Waals surface area (Å²) in [5.74, 6) is -0.277. The molecule has 0 spiro atoms. The van der Waals surface area contributed by atoms with E-state index >= 15 is 0 Å². The van der Waals surface area contributed by atoms with Gasteiger partial charge < -0.3 is 18.9 Å². The summed E-state index contributed by atoms with van der Waals surface area (Å²) >= 11 is 4.76. The number of carbonyl (C=O) groups excluding carboxylic acids is 2. The van der Waals surface area contributed by atoms with Crippen molar-refractivity contribution in [1.29, 1.82) is 0 Å². The highest BCUT2D eigenvalue weighted by molar-refractivity contribution is 9.10. The van der Waals surface area contributed by atoms with E-state index in [-0.39, 0.29) is 25.4 Å². The fourth-order valence-electron chi connectivity index (χ4n) is 4.27. The Hall–Kier alpha value is -3.70. The standard InChI is InChI=1S/C29H29BrN2O7S/c1-6-37-24(33)15-39-22-14-20(30)19(12-21(22)36-5)13-23-27(34)32-26(18-10-8-16(3)9-11-18)25(28(35)38-7-2)17(4)31-29(32)40-23/h8-14,26H,6-7,15H2,1-5H3/b23-13+/t26-/m1/s1. The summed E-state index contributed by atoms with van der Waals surface area (Å²) in [6, 6.07) is 10.4. The molecule has 0 aliphatic carbocycles. The number of fused-ring (bicyclic) bond motifs is 1. The molecule has 0 bridgehead atoms. The van der Waals surface area contributed by atoms with Gasteiger partial charge in [0.15, 0.2) is 22.9 Å². The Labute approximate surface area is 243 Å². The van der Waals surface area contributed by atoms with E-state index in [2.05, 4.69) is 20.9 Å². The van der Waals surface area contributed by atoms with Gasteiger partial charge in [-0.25, -0.2) is 14.6 Å². The van der Waals surface area contributed by atoms with E-state index in [1.165, 1.54) is 18.4 Å². The Balaban J connectivity index is 1.82. The first-order chi connectivity index (χ1) is 19.2. The Bertz CT molecular complexity index is 1650. The van der Waals surface area contributed by atoms with E-state index in [1.54, 1.807) is 43.5 Å². The third-order valence-corrected chi connectivity index (χ3v) is 7.80. The molecule has 0 amide bonds. The molecule has 9 nitrogen and oxygen atoms in total. The van der Waals surface area contributed by atoms with Gasteiger partial charge in [0.25, 0.3) is 5.56 Å². The summed E-state index contributed by atoms with van der Waals surface area (Å²) in [6.45, 7) is 7.37. The van der Waals surface area contributed by atoms with E-state index in [0.29, 0.717) is 42.1 Å². The molecule has 11 heteroatoms. The average molecular weight is 630 g/mol. The molecule has 2 aromatic carbocycles. The second-order valence-corrected chi connectivity index (χ2v) is 10.7. The van der Waals surface area contributed by atoms with Crippen molar-refractivity contribution < 1.29 is 28.5 Å². The average Bonchev–Trinajstić information content (AvgIpc) is 3.22. The lowest BCUT2D eigenvalue weighted by Gasteiger charge is -2.24. The first-order valence-corrected chi connectivity index (χ1v) is 14.2. The zero-order valence-electron chi connectivity index (χ0n) is 22.8. The highest BCUT2D eigenvalue weighted by atomic mass is 79.9. The lowest BCUT2D eigenvalue weighted by molar-refractivity contribution is -0.145. The van der Waals surface area contributed by atoms with Gasteiger partial charge in [0, 0.05) is 4.47 Å². The van der Waals surface area contributed by atoms with E-state index in [1.807, 2.05) is 31.2 Å². The molecule has 0 radical (unpaired) electrons. The number of allylic oxidation sites excluding steroid dienone is 1. The minimum absolute atomic E-state index is 0.204. The van der Waals surface area contributed by atoms with Gasteiger partial charge in [-0.05, 0) is 57.0 Å². The van der Waals surface area contributed by atoms with Crippen LogP contribution in [0.2, 0.25) is 0 Å². The summed E-state index contributed by atoms with van der Waals surface area (Å²) in [4.78, 5) is 43.7. The summed E-state index contributed by atoms with van der Waals surface area (Å²) in [7, 11) is 1.49. The molecule has 4 rings (SSSR count). The molecule has 0 saturated carbocycles. The van der Waals surface area contributed by atoms with Crippen molar-refractivity contribution >= 4 is 45.3 Å². The number of aromatic nitrogens is 1. The van der Waals surface area contributed by atoms with Gasteiger partial charge in [0.05, 0.1) is 42.2 Å². The fourth-order valence-corrected chi connectivity index (χ4v) is 5.74. The van der Waals surface area contributed by atoms with Crippen molar-refractivity contribution in [3.63, 3.8) is 0 Å². The number of nitrogens with zero attached hydrogens (tertiary/aromatic N) is 2. The Kier molecular flexibility index (Phi) is 9.26. The zero-order chi connectivity index (χ0) is 29.0. The lowest BCUT2D eigenvalue weighted by Crippen LogP contribution is -2.39. The number of benzene rings is 2. The first-order valence-electron chi connectivity index (χ1n) is 12.6. The van der Waals surface area contributed by atoms with Crippen LogP contribution in [0.1, 0.15) is 43.5 Å². The van der Waals surface area contributed by atoms with Crippen LogP contribution in [0.25, 0.3) is 6.08 Å². The van der Waals surface area contributed by atoms with Gasteiger partial charge in [-0.2, -0.15) is 0 Å². The van der Waals surface area contributed by atoms with Crippen molar-refractivity contribution in [3.8, 4) is 11.5 Å². The number of rotatable bonds is 9. The molecule has 3 aromatic rings. The van der Waals surface area contributed by atoms with Crippen LogP contribution >= 0.6 is 27.3 Å². The molecule has 1 aromatic heterocycles. The number of methoxy groups -OCH3 is 1. The van der Waals surface area contributed by atoms with Gasteiger partial charge in [-0.15, -0.1) is 0 Å². The normalized spacial score (nSPS) is 14.8. The van der Waals surface area contributed by atoms with E-state index in [4.69, 9.17) is 18.9 Å². The molecule has 1 aliphatic rings. The summed E-state index contributed by atoms with van der Waals surface area (Å²) in [6.07, 6.45) is 1.72. The number of ether oxygens (including phenoxy) is 4. The smallest absolute Gasteiger partial charge is 0.344 e. The number of esters is 2. The first kappa shape index (κ1) is 29.3. The Morgan fingerprint density at radius 1 is 1.07 bits per heavy atom. The monoisotopic (exact) mass is 628 g/mol. The summed E-state index contributed by atoms with van der Waals surface area (Å²) in [5.41, 5.74) is 3.03. The third-order valence-electron chi connectivity index (χ3n) is 6.13. The number of hydrogen-bond donors (Lipinski definition) is 0. The highest BCUT2D eigenvalue weighted by Gasteiger charge is 2.33. The topological polar surface area (TPSA) is 105 Å². The van der Waals surface area contributed by atoms with E-state index in [0.717, 1.165) is 11.1 Å². The number of thiazole rings is 1. The Morgan fingerprint density at radius 3 is 2.42 bits per heavy atom. The maximum absolute atomic E-state index is 13.9. The SMILES string of the molecule is CCOC(=O)COc1cc(Br)c(/C=c2/sc3n(c2=O)[C@H](c2ccc(C)cc2)C(C(=O)OCC)=C(C)N=3)cc1OC. The van der Waals surface area contributed by atoms with Crippen LogP contribution in [0, 0.1) is 6.92 Å². The van der Waals surface area contributed by atoms with Crippen LogP contribution < -0.4 is 24.4 Å². The second kappa shape index (κ2) is 12.6. The molecule has 1 aliphatic heterocycles. The molecule has 0 saturated heterocycles. The fraction of sp³-hybridized carbons (Fsp3) is 0.310. The third kappa shape index (κ3) is 6.05. The van der Waals surface area contributed by atoms with Crippen LogP contribution in [0.15, 0.2) is 61.9 Å². The number of halogens is 1. The van der Waals surface area contributed by atoms with Crippen molar-refractivity contribution in [1.82, 2.24) is 4.57 Å². The maximum Gasteiger partial charge on any atom is 0.344 e. The van der Waals surface area contributed by atoms with Gasteiger partial charge in [-0.3, -0.25) is 9.36 Å². The Morgan fingerprint density at radius 2 is 1.77 bits per heavy atom. The predicted octanol–water partition coefficient (Wildman–Crippen LogP) is 3.82. The maximum atomic E-state index is 13.9. The predicted molar refractivity (Wildman–Crippen MR) is 154 cm³/mol. The molecule has 210 valence electrons. The number of hydrogen-bond acceptors (Lipinski definition) is 9. The minimum atomic E-state index is -0.685. The van der Waals surface area contributed by atoms with Crippen LogP contribution in [0.3, 0.4) is 0 Å². The van der Waals surface area contributed by atoms with Crippen molar-refractivity contribution in [3.05, 3.63) is 88.5 Å². The summed E-state index contributed by atoms with van der Waals surface area (Å²) in [5, 5.41) is 0. The minimum Gasteiger partial charge on any atom is -0.493 e. The zero-order valence-corrected chi connectivity index (χ0v) is 25.2. The quantitative estimate of drug-likeness (QED) is 0.332. The van der Waals surface area contributed by atoms with E-state index in [9.17, 15) is 14.4 Å². The molecule has 1 atom stereocenters. The molecular weight excluding hydrogens is 600 g/mol. The number of carbonyl (C=O) groups is 2. The number of aryl methyl sites for hydroxylation is 1. The second-order valence-electron chi connectivity index (χ2n) is 8.83. The molecule has 40 heavy (non-hydrogen) atoms. The van der Waals surface area contributed by atoms with Gasteiger partial charge in [0.2, 0.25) is 0 Å². The molecule has 2 heterocycles. The molecule has 0 unspecified atom stereocenters. The summed E-state index contributed by atoms with van der Waals surface area (Å²) < 4.78 is 23.9. The van der Waals surface area contributed by atoms with Crippen LogP contribution in [0.4, 0.5) is 0 Å². The van der Waals surface area contributed by atoms with Crippen LogP contribution in [-0.4, -0.2) is 43.4 Å². The van der Waals surface area contributed by atoms with Crippen molar-refractivity contribution in [2.75, 3.05) is 26.9 Å². The van der Waals surface area contributed by atoms with Crippen molar-refractivity contribution in [2.45, 2.75) is 33.7 Å². The van der Waals surface area contributed by atoms with Crippen LogP contribution in [-0.2, 0) is 19.1 Å². The molecule has 0 N–H and O–H groups in total. The van der Waals surface area contributed by atoms with Gasteiger partial charge >= 0.3 is 11.9 Å². The lowest BCUT2D eigenvalue weighted by atomic mass is 9.95. The largest absolute Gasteiger partial charge is 0.493 e. The molecule has 0 fully saturated rings. The highest BCUT2D eigenvalue weighted by Crippen LogP contribution is 2.34. The van der Waals surface area contributed by atoms with Crippen molar-refractivity contribution in [2.24, 2.45) is 4.99 Å². The van der Waals surface area contributed by atoms with Gasteiger partial charge in [0.1, 0.15) is 0 Å². The van der Waals surface area contributed by atoms with Crippen LogP contribution in [0.5, 0.6) is 11.5 Å².